The number of aryl methyl sites for hydroxylation is 1. The number of rotatable bonds is 5. The Morgan fingerprint density at radius 1 is 1.57 bits per heavy atom. The molecule has 2 N–H and O–H groups in total. The van der Waals surface area contributed by atoms with Crippen LogP contribution < -0.4 is 10.6 Å². The van der Waals surface area contributed by atoms with Crippen molar-refractivity contribution in [2.45, 2.75) is 33.2 Å². The third-order valence-electron chi connectivity index (χ3n) is 4.02. The molecule has 1 fully saturated rings. The molecule has 2 aromatic heterocycles. The van der Waals surface area contributed by atoms with Gasteiger partial charge in [-0.25, -0.2) is 4.98 Å². The molecule has 0 aliphatic heterocycles. The minimum absolute atomic E-state index is 0.143. The minimum atomic E-state index is -0.304. The highest BCUT2D eigenvalue weighted by Gasteiger charge is 2.53. The molecule has 8 heteroatoms. The van der Waals surface area contributed by atoms with Crippen LogP contribution in [0.4, 0.5) is 17.5 Å². The summed E-state index contributed by atoms with van der Waals surface area (Å²) in [5.74, 6) is 1.25. The van der Waals surface area contributed by atoms with Crippen LogP contribution in [0, 0.1) is 23.7 Å². The number of hydrogen-bond acceptors (Lipinski definition) is 6. The van der Waals surface area contributed by atoms with E-state index in [-0.39, 0.29) is 11.5 Å². The molecule has 3 rings (SSSR count). The molecule has 2 atom stereocenters. The second-order valence-corrected chi connectivity index (χ2v) is 6.76. The van der Waals surface area contributed by atoms with Crippen molar-refractivity contribution in [1.82, 2.24) is 19.7 Å². The van der Waals surface area contributed by atoms with Crippen molar-refractivity contribution in [3.63, 3.8) is 0 Å². The zero-order valence-electron chi connectivity index (χ0n) is 13.3. The van der Waals surface area contributed by atoms with Gasteiger partial charge in [-0.3, -0.25) is 4.68 Å². The van der Waals surface area contributed by atoms with Gasteiger partial charge in [-0.2, -0.15) is 15.3 Å². The molecule has 0 unspecified atom stereocenters. The molecule has 0 amide bonds. The molecular weight excluding hydrogens is 358 g/mol. The van der Waals surface area contributed by atoms with E-state index in [0.717, 1.165) is 34.6 Å². The first-order chi connectivity index (χ1) is 11.0. The molecule has 0 radical (unpaired) electrons. The van der Waals surface area contributed by atoms with Crippen LogP contribution in [-0.2, 0) is 0 Å². The van der Waals surface area contributed by atoms with Crippen molar-refractivity contribution in [3.8, 4) is 6.07 Å². The molecule has 7 nitrogen and oxygen atoms in total. The normalized spacial score (nSPS) is 22.5. The minimum Gasteiger partial charge on any atom is -0.369 e. The summed E-state index contributed by atoms with van der Waals surface area (Å²) in [5.41, 5.74) is 1.40. The lowest BCUT2D eigenvalue weighted by Crippen LogP contribution is -2.04. The van der Waals surface area contributed by atoms with E-state index in [9.17, 15) is 5.26 Å². The molecular formula is C15H18BrN7. The molecule has 0 aromatic carbocycles. The number of halogens is 1. The lowest BCUT2D eigenvalue weighted by atomic mass is 10.2. The van der Waals surface area contributed by atoms with E-state index in [2.05, 4.69) is 47.7 Å². The predicted molar refractivity (Wildman–Crippen MR) is 91.5 cm³/mol. The Labute approximate surface area is 143 Å². The summed E-state index contributed by atoms with van der Waals surface area (Å²) in [7, 11) is 0. The van der Waals surface area contributed by atoms with Gasteiger partial charge in [0.05, 0.1) is 33.4 Å². The largest absolute Gasteiger partial charge is 0.369 e. The van der Waals surface area contributed by atoms with Crippen molar-refractivity contribution < 1.29 is 0 Å². The van der Waals surface area contributed by atoms with Gasteiger partial charge in [0.2, 0.25) is 5.95 Å². The van der Waals surface area contributed by atoms with Crippen molar-refractivity contribution in [2.24, 2.45) is 5.41 Å². The average molecular weight is 376 g/mol. The molecule has 1 aliphatic carbocycles. The molecule has 23 heavy (non-hydrogen) atoms. The van der Waals surface area contributed by atoms with Crippen molar-refractivity contribution in [1.29, 1.82) is 5.26 Å². The van der Waals surface area contributed by atoms with Gasteiger partial charge in [0.1, 0.15) is 5.82 Å². The fourth-order valence-electron chi connectivity index (χ4n) is 2.45. The monoisotopic (exact) mass is 375 g/mol. The van der Waals surface area contributed by atoms with Crippen LogP contribution in [-0.4, -0.2) is 26.3 Å². The highest BCUT2D eigenvalue weighted by molar-refractivity contribution is 9.10. The summed E-state index contributed by atoms with van der Waals surface area (Å²) in [6.45, 7) is 6.68. The standard InChI is InChI=1S/C15H18BrN7/c1-4-18-13-10(16)6-19-14(21-13)20-11-7-23(22-9(11)2)12-5-15(12,3)8-17/h6-7,12H,4-5H2,1-3H3,(H2,18,19,20,21)/t12-,15-/m0/s1. The van der Waals surface area contributed by atoms with E-state index >= 15 is 0 Å². The van der Waals surface area contributed by atoms with Crippen LogP contribution in [0.15, 0.2) is 16.9 Å². The van der Waals surface area contributed by atoms with Gasteiger partial charge in [0.15, 0.2) is 0 Å². The Kier molecular flexibility index (Phi) is 3.98. The SMILES string of the molecule is CCNc1nc(Nc2cn([C@H]3C[C@@]3(C)C#N)nc2C)ncc1Br. The topological polar surface area (TPSA) is 91.5 Å². The maximum absolute atomic E-state index is 9.18. The van der Waals surface area contributed by atoms with Crippen LogP contribution >= 0.6 is 15.9 Å². The average Bonchev–Trinajstić information content (AvgIpc) is 3.09. The summed E-state index contributed by atoms with van der Waals surface area (Å²) in [6.07, 6.45) is 4.46. The molecule has 0 spiro atoms. The van der Waals surface area contributed by atoms with Gasteiger partial charge in [0, 0.05) is 18.9 Å². The van der Waals surface area contributed by atoms with Crippen LogP contribution in [0.5, 0.6) is 0 Å². The number of anilines is 3. The lowest BCUT2D eigenvalue weighted by Gasteiger charge is -2.08. The molecule has 120 valence electrons. The Hall–Kier alpha value is -2.14. The number of hydrogen-bond donors (Lipinski definition) is 2. The van der Waals surface area contributed by atoms with Crippen molar-refractivity contribution in [2.75, 3.05) is 17.2 Å². The Bertz CT molecular complexity index is 779. The van der Waals surface area contributed by atoms with Crippen LogP contribution in [0.2, 0.25) is 0 Å². The Balaban J connectivity index is 1.80. The van der Waals surface area contributed by atoms with E-state index in [1.807, 2.05) is 31.6 Å². The van der Waals surface area contributed by atoms with E-state index in [0.29, 0.717) is 5.95 Å². The third-order valence-corrected chi connectivity index (χ3v) is 4.60. The summed E-state index contributed by atoms with van der Waals surface area (Å²) in [6, 6.07) is 2.49. The second-order valence-electron chi connectivity index (χ2n) is 5.90. The number of aromatic nitrogens is 4. The third kappa shape index (κ3) is 3.01. The van der Waals surface area contributed by atoms with E-state index < -0.39 is 0 Å². The van der Waals surface area contributed by atoms with Crippen LogP contribution in [0.25, 0.3) is 0 Å². The highest BCUT2D eigenvalue weighted by atomic mass is 79.9. The highest BCUT2D eigenvalue weighted by Crippen LogP contribution is 2.55. The molecule has 0 saturated heterocycles. The van der Waals surface area contributed by atoms with E-state index in [1.54, 1.807) is 6.20 Å². The maximum atomic E-state index is 9.18. The molecule has 1 aliphatic rings. The van der Waals surface area contributed by atoms with Crippen LogP contribution in [0.1, 0.15) is 32.0 Å². The smallest absolute Gasteiger partial charge is 0.229 e. The molecule has 1 saturated carbocycles. The summed E-state index contributed by atoms with van der Waals surface area (Å²) in [5, 5.41) is 20.1. The Morgan fingerprint density at radius 3 is 3.00 bits per heavy atom. The second kappa shape index (κ2) is 5.81. The zero-order valence-corrected chi connectivity index (χ0v) is 14.8. The number of nitriles is 1. The fraction of sp³-hybridized carbons (Fsp3) is 0.467. The first-order valence-corrected chi connectivity index (χ1v) is 8.26. The van der Waals surface area contributed by atoms with Gasteiger partial charge in [-0.05, 0) is 43.1 Å². The van der Waals surface area contributed by atoms with Gasteiger partial charge < -0.3 is 10.6 Å². The maximum Gasteiger partial charge on any atom is 0.229 e. The summed E-state index contributed by atoms with van der Waals surface area (Å²) in [4.78, 5) is 8.72. The molecule has 2 aromatic rings. The number of nitrogens with one attached hydrogen (secondary N) is 2. The Morgan fingerprint density at radius 2 is 2.35 bits per heavy atom. The van der Waals surface area contributed by atoms with E-state index in [1.165, 1.54) is 0 Å². The molecule has 2 heterocycles. The predicted octanol–water partition coefficient (Wildman–Crippen LogP) is 3.39. The first kappa shape index (κ1) is 15.7. The summed E-state index contributed by atoms with van der Waals surface area (Å²) < 4.78 is 2.69. The van der Waals surface area contributed by atoms with E-state index in [4.69, 9.17) is 0 Å². The quantitative estimate of drug-likeness (QED) is 0.831. The summed E-state index contributed by atoms with van der Waals surface area (Å²) >= 11 is 3.42. The zero-order chi connectivity index (χ0) is 16.6. The number of nitrogens with zero attached hydrogens (tertiary/aromatic N) is 5. The first-order valence-electron chi connectivity index (χ1n) is 7.47. The van der Waals surface area contributed by atoms with Gasteiger partial charge in [0.25, 0.3) is 0 Å². The van der Waals surface area contributed by atoms with Gasteiger partial charge in [-0.1, -0.05) is 0 Å². The van der Waals surface area contributed by atoms with Crippen molar-refractivity contribution >= 4 is 33.4 Å². The van der Waals surface area contributed by atoms with Gasteiger partial charge in [-0.15, -0.1) is 0 Å². The van der Waals surface area contributed by atoms with Crippen LogP contribution in [0.3, 0.4) is 0 Å². The molecule has 0 bridgehead atoms. The lowest BCUT2D eigenvalue weighted by molar-refractivity contribution is 0.550. The fourth-order valence-corrected chi connectivity index (χ4v) is 2.78. The van der Waals surface area contributed by atoms with Gasteiger partial charge >= 0.3 is 0 Å². The van der Waals surface area contributed by atoms with Crippen molar-refractivity contribution in [3.05, 3.63) is 22.6 Å².